The van der Waals surface area contributed by atoms with E-state index in [1.54, 1.807) is 4.90 Å². The van der Waals surface area contributed by atoms with Gasteiger partial charge in [-0.15, -0.1) is 11.3 Å². The van der Waals surface area contributed by atoms with E-state index < -0.39 is 28.8 Å². The molecule has 2 aliphatic rings. The summed E-state index contributed by atoms with van der Waals surface area (Å²) in [6.07, 6.45) is -1.42. The summed E-state index contributed by atoms with van der Waals surface area (Å²) in [5.74, 6) is -2.43. The van der Waals surface area contributed by atoms with Crippen LogP contribution in [-0.2, 0) is 35.3 Å². The Labute approximate surface area is 218 Å². The molecule has 13 heteroatoms. The number of fused-ring (bicyclic) bond motifs is 3. The summed E-state index contributed by atoms with van der Waals surface area (Å²) in [5, 5.41) is 8.32. The van der Waals surface area contributed by atoms with Crippen molar-refractivity contribution in [3.63, 3.8) is 0 Å². The minimum absolute atomic E-state index is 0.0263. The summed E-state index contributed by atoms with van der Waals surface area (Å²) < 4.78 is 69.9. The highest BCUT2D eigenvalue weighted by Gasteiger charge is 2.35. The zero-order chi connectivity index (χ0) is 27.2. The molecule has 1 fully saturated rings. The number of carboxylic acids is 1. The first-order valence-corrected chi connectivity index (χ1v) is 13.0. The van der Waals surface area contributed by atoms with Gasteiger partial charge in [-0.05, 0) is 49.9 Å². The van der Waals surface area contributed by atoms with Crippen LogP contribution in [0.2, 0.25) is 0 Å². The average Bonchev–Trinajstić information content (AvgIpc) is 3.43. The number of benzene rings is 1. The highest BCUT2D eigenvalue weighted by molar-refractivity contribution is 7.11. The fourth-order valence-electron chi connectivity index (χ4n) is 5.46. The van der Waals surface area contributed by atoms with E-state index in [0.717, 1.165) is 12.3 Å². The maximum Gasteiger partial charge on any atom is 0.443 e. The van der Waals surface area contributed by atoms with Crippen LogP contribution in [0, 0.1) is 17.6 Å². The number of halogens is 5. The van der Waals surface area contributed by atoms with Gasteiger partial charge in [0.05, 0.1) is 25.2 Å². The Morgan fingerprint density at radius 1 is 1.13 bits per heavy atom. The predicted octanol–water partition coefficient (Wildman–Crippen LogP) is 4.51. The second-order valence-corrected chi connectivity index (χ2v) is 10.9. The van der Waals surface area contributed by atoms with Crippen molar-refractivity contribution >= 4 is 34.1 Å². The Bertz CT molecular complexity index is 1380. The van der Waals surface area contributed by atoms with Crippen molar-refractivity contribution < 1.29 is 36.6 Å². The highest BCUT2D eigenvalue weighted by Crippen LogP contribution is 2.37. The van der Waals surface area contributed by atoms with Gasteiger partial charge in [-0.25, -0.2) is 13.8 Å². The number of likely N-dealkylation sites (tertiary alicyclic amines) is 1. The van der Waals surface area contributed by atoms with E-state index in [1.807, 2.05) is 4.90 Å². The Morgan fingerprint density at radius 3 is 2.53 bits per heavy atom. The van der Waals surface area contributed by atoms with Crippen LogP contribution >= 0.6 is 11.3 Å². The molecule has 3 aromatic rings. The van der Waals surface area contributed by atoms with E-state index in [9.17, 15) is 31.5 Å². The third-order valence-corrected chi connectivity index (χ3v) is 8.29. The molecule has 0 bridgehead atoms. The number of amides is 1. The molecule has 0 saturated carbocycles. The molecule has 0 spiro atoms. The van der Waals surface area contributed by atoms with E-state index in [0.29, 0.717) is 73.3 Å². The number of hydrogen-bond acceptors (Lipinski definition) is 5. The standard InChI is InChI=1S/C25H25F5N4O3S/c26-15-8-18-17-3-6-33(21(35)7-14-1-4-32(5-2-14)13-22(36)37)12-20(17)34(23(18)19(27)9-15)11-16-10-31-24(38-16)25(28,29)30/h8-10,14H,1-7,11-13H2,(H,36,37). The van der Waals surface area contributed by atoms with Crippen LogP contribution < -0.4 is 0 Å². The summed E-state index contributed by atoms with van der Waals surface area (Å²) >= 11 is 0.466. The number of carbonyl (C=O) groups excluding carboxylic acids is 1. The summed E-state index contributed by atoms with van der Waals surface area (Å²) in [6.45, 7) is 1.57. The highest BCUT2D eigenvalue weighted by atomic mass is 32.1. The van der Waals surface area contributed by atoms with E-state index in [4.69, 9.17) is 5.11 Å². The molecule has 2 aliphatic heterocycles. The fourth-order valence-corrected chi connectivity index (χ4v) is 6.23. The van der Waals surface area contributed by atoms with Gasteiger partial charge in [-0.1, -0.05) is 0 Å². The van der Waals surface area contributed by atoms with Crippen molar-refractivity contribution in [2.45, 2.75) is 44.9 Å². The van der Waals surface area contributed by atoms with Crippen LogP contribution in [-0.4, -0.2) is 62.5 Å². The third-order valence-electron chi connectivity index (χ3n) is 7.26. The number of hydrogen-bond donors (Lipinski definition) is 1. The van der Waals surface area contributed by atoms with Gasteiger partial charge < -0.3 is 14.6 Å². The predicted molar refractivity (Wildman–Crippen MR) is 129 cm³/mol. The Morgan fingerprint density at radius 2 is 1.87 bits per heavy atom. The van der Waals surface area contributed by atoms with Crippen LogP contribution in [0.3, 0.4) is 0 Å². The zero-order valence-corrected chi connectivity index (χ0v) is 21.0. The maximum absolute atomic E-state index is 15.0. The van der Waals surface area contributed by atoms with E-state index in [2.05, 4.69) is 4.98 Å². The number of carboxylic acid groups (broad SMARTS) is 1. The smallest absolute Gasteiger partial charge is 0.443 e. The summed E-state index contributed by atoms with van der Waals surface area (Å²) in [6, 6.07) is 1.97. The first kappa shape index (κ1) is 26.5. The van der Waals surface area contributed by atoms with Gasteiger partial charge in [0.25, 0.3) is 0 Å². The molecule has 0 atom stereocenters. The van der Waals surface area contributed by atoms with E-state index in [1.165, 1.54) is 10.6 Å². The van der Waals surface area contributed by atoms with Gasteiger partial charge in [0.1, 0.15) is 11.6 Å². The van der Waals surface area contributed by atoms with Crippen molar-refractivity contribution in [2.24, 2.45) is 5.92 Å². The van der Waals surface area contributed by atoms with Gasteiger partial charge >= 0.3 is 12.1 Å². The molecule has 204 valence electrons. The molecule has 38 heavy (non-hydrogen) atoms. The van der Waals surface area contributed by atoms with Crippen molar-refractivity contribution in [1.29, 1.82) is 0 Å². The van der Waals surface area contributed by atoms with Gasteiger partial charge in [-0.2, -0.15) is 13.2 Å². The lowest BCUT2D eigenvalue weighted by Crippen LogP contribution is -2.40. The lowest BCUT2D eigenvalue weighted by molar-refractivity contribution is -0.139. The number of aromatic nitrogens is 2. The van der Waals surface area contributed by atoms with Crippen molar-refractivity contribution in [3.05, 3.63) is 51.1 Å². The van der Waals surface area contributed by atoms with Gasteiger partial charge in [-0.3, -0.25) is 14.5 Å². The largest absolute Gasteiger partial charge is 0.480 e. The molecule has 0 aliphatic carbocycles. The van der Waals surface area contributed by atoms with Crippen molar-refractivity contribution in [2.75, 3.05) is 26.2 Å². The van der Waals surface area contributed by atoms with Crippen molar-refractivity contribution in [1.82, 2.24) is 19.4 Å². The summed E-state index contributed by atoms with van der Waals surface area (Å²) in [4.78, 5) is 31.3. The van der Waals surface area contributed by atoms with Crippen LogP contribution in [0.1, 0.15) is 40.4 Å². The Kier molecular flexibility index (Phi) is 7.16. The zero-order valence-electron chi connectivity index (χ0n) is 20.2. The molecular formula is C25H25F5N4O3S. The molecular weight excluding hydrogens is 531 g/mol. The lowest BCUT2D eigenvalue weighted by Gasteiger charge is -2.33. The van der Waals surface area contributed by atoms with Gasteiger partial charge in [0, 0.05) is 41.2 Å². The Hall–Kier alpha value is -3.06. The number of carbonyl (C=O) groups is 2. The first-order valence-electron chi connectivity index (χ1n) is 12.2. The van der Waals surface area contributed by atoms with E-state index >= 15 is 0 Å². The number of aliphatic carboxylic acids is 1. The number of nitrogens with zero attached hydrogens (tertiary/aromatic N) is 4. The fraction of sp³-hybridized carbons (Fsp3) is 0.480. The molecule has 7 nitrogen and oxygen atoms in total. The second-order valence-electron chi connectivity index (χ2n) is 9.81. The minimum Gasteiger partial charge on any atom is -0.480 e. The molecule has 5 rings (SSSR count). The molecule has 4 heterocycles. The molecule has 1 N–H and O–H groups in total. The average molecular weight is 557 g/mol. The minimum atomic E-state index is -4.59. The molecule has 0 radical (unpaired) electrons. The third kappa shape index (κ3) is 5.39. The van der Waals surface area contributed by atoms with Crippen molar-refractivity contribution in [3.8, 4) is 0 Å². The molecule has 2 aromatic heterocycles. The monoisotopic (exact) mass is 556 g/mol. The second kappa shape index (κ2) is 10.3. The molecule has 1 aromatic carbocycles. The number of thiazole rings is 1. The van der Waals surface area contributed by atoms with Gasteiger partial charge in [0.15, 0.2) is 5.01 Å². The summed E-state index contributed by atoms with van der Waals surface area (Å²) in [7, 11) is 0. The topological polar surface area (TPSA) is 78.7 Å². The van der Waals surface area contributed by atoms with Crippen LogP contribution in [0.25, 0.3) is 10.9 Å². The number of rotatable bonds is 6. The lowest BCUT2D eigenvalue weighted by atomic mass is 9.92. The summed E-state index contributed by atoms with van der Waals surface area (Å²) in [5.41, 5.74) is 1.35. The van der Waals surface area contributed by atoms with Crippen LogP contribution in [0.5, 0.6) is 0 Å². The quantitative estimate of drug-likeness (QED) is 0.452. The number of piperidine rings is 1. The van der Waals surface area contributed by atoms with Crippen LogP contribution in [0.4, 0.5) is 22.0 Å². The van der Waals surface area contributed by atoms with E-state index in [-0.39, 0.29) is 41.9 Å². The normalized spacial score (nSPS) is 17.2. The molecule has 1 amide bonds. The Balaban J connectivity index is 1.38. The first-order chi connectivity index (χ1) is 18.0. The number of alkyl halides is 3. The van der Waals surface area contributed by atoms with Gasteiger partial charge in [0.2, 0.25) is 5.91 Å². The SMILES string of the molecule is O=C(O)CN1CCC(CC(=O)N2CCc3c(n(Cc4cnc(C(F)(F)F)s4)c4c(F)cc(F)cc34)C2)CC1. The van der Waals surface area contributed by atoms with Crippen LogP contribution in [0.15, 0.2) is 18.3 Å². The maximum atomic E-state index is 15.0. The molecule has 0 unspecified atom stereocenters. The molecule has 1 saturated heterocycles.